The summed E-state index contributed by atoms with van der Waals surface area (Å²) in [5.41, 5.74) is 1.99. The zero-order valence-corrected chi connectivity index (χ0v) is 12.3. The normalized spacial score (nSPS) is 15.3. The van der Waals surface area contributed by atoms with Crippen LogP contribution in [0.4, 0.5) is 0 Å². The Bertz CT molecular complexity index is 689. The molecule has 3 rings (SSSR count). The van der Waals surface area contributed by atoms with Crippen LogP contribution >= 0.6 is 0 Å². The minimum Gasteiger partial charge on any atom is -0.497 e. The smallest absolute Gasteiger partial charge is 0.214 e. The van der Waals surface area contributed by atoms with Crippen LogP contribution in [0.5, 0.6) is 5.75 Å². The summed E-state index contributed by atoms with van der Waals surface area (Å²) in [5.74, 6) is 0.751. The first-order valence-electron chi connectivity index (χ1n) is 6.52. The fourth-order valence-electron chi connectivity index (χ4n) is 2.05. The third-order valence-corrected chi connectivity index (χ3v) is 2.97. The van der Waals surface area contributed by atoms with Crippen LogP contribution in [0.2, 0.25) is 0 Å². The third kappa shape index (κ3) is 2.24. The van der Waals surface area contributed by atoms with E-state index >= 15 is 0 Å². The minimum atomic E-state index is -0.165. The predicted molar refractivity (Wildman–Crippen MR) is 83.2 cm³/mol. The molecule has 0 bridgehead atoms. The van der Waals surface area contributed by atoms with Gasteiger partial charge in [-0.3, -0.25) is 4.79 Å². The number of fused-ring (bicyclic) bond motifs is 3. The van der Waals surface area contributed by atoms with E-state index in [1.54, 1.807) is 25.3 Å². The molecule has 1 aliphatic carbocycles. The molecule has 0 fully saturated rings. The highest BCUT2D eigenvalue weighted by Gasteiger charge is 2.36. The van der Waals surface area contributed by atoms with E-state index in [4.69, 9.17) is 4.74 Å². The number of methoxy groups -OCH3 is 1. The van der Waals surface area contributed by atoms with Crippen molar-refractivity contribution in [3.8, 4) is 5.75 Å². The van der Waals surface area contributed by atoms with Crippen LogP contribution in [0.1, 0.15) is 29.8 Å². The van der Waals surface area contributed by atoms with Gasteiger partial charge in [0.1, 0.15) is 17.2 Å². The van der Waals surface area contributed by atoms with Gasteiger partial charge in [-0.15, -0.1) is 10.2 Å². The number of benzene rings is 1. The Hall–Kier alpha value is -2.76. The molecule has 2 aliphatic rings. The summed E-state index contributed by atoms with van der Waals surface area (Å²) in [5, 5.41) is 9.10. The van der Waals surface area contributed by atoms with E-state index < -0.39 is 0 Å². The van der Waals surface area contributed by atoms with Gasteiger partial charge >= 0.3 is 0 Å². The Morgan fingerprint density at radius 3 is 2.57 bits per heavy atom. The maximum Gasteiger partial charge on any atom is 0.214 e. The highest BCUT2D eigenvalue weighted by atomic mass is 16.5. The molecular formula is C15H16N4O2. The van der Waals surface area contributed by atoms with Gasteiger partial charge in [0.05, 0.1) is 7.11 Å². The van der Waals surface area contributed by atoms with Crippen LogP contribution in [0, 0.1) is 0 Å². The van der Waals surface area contributed by atoms with E-state index in [1.165, 1.54) is 5.12 Å². The van der Waals surface area contributed by atoms with Crippen LogP contribution in [0.15, 0.2) is 45.8 Å². The molecule has 0 saturated carbocycles. The number of Topliss-reactive ketones (excluding diaryl/α,β-unsaturated/α-hetero) is 1. The Balaban J connectivity index is 0.000000774. The zero-order chi connectivity index (χ0) is 15.6. The van der Waals surface area contributed by atoms with Crippen molar-refractivity contribution in [2.75, 3.05) is 7.11 Å². The molecule has 6 nitrogen and oxygen atoms in total. The van der Waals surface area contributed by atoms with Crippen LogP contribution in [0.25, 0.3) is 0 Å². The molecule has 1 aromatic carbocycles. The van der Waals surface area contributed by atoms with E-state index in [-0.39, 0.29) is 17.3 Å². The molecule has 0 unspecified atom stereocenters. The van der Waals surface area contributed by atoms with Gasteiger partial charge in [0.15, 0.2) is 5.82 Å². The monoisotopic (exact) mass is 284 g/mol. The number of nitrogens with zero attached hydrogens (tertiary/aromatic N) is 4. The number of hydrogen-bond acceptors (Lipinski definition) is 6. The molecule has 0 atom stereocenters. The summed E-state index contributed by atoms with van der Waals surface area (Å²) >= 11 is 0. The second kappa shape index (κ2) is 5.70. The van der Waals surface area contributed by atoms with E-state index in [9.17, 15) is 4.79 Å². The molecule has 1 heterocycles. The zero-order valence-electron chi connectivity index (χ0n) is 12.3. The molecule has 1 aliphatic heterocycles. The molecular weight excluding hydrogens is 268 g/mol. The molecule has 21 heavy (non-hydrogen) atoms. The number of hydrazone groups is 2. The molecule has 0 saturated heterocycles. The summed E-state index contributed by atoms with van der Waals surface area (Å²) in [4.78, 5) is 16.4. The second-order valence-electron chi connectivity index (χ2n) is 4.00. The fraction of sp³-hybridized carbons (Fsp3) is 0.200. The van der Waals surface area contributed by atoms with Crippen molar-refractivity contribution in [3.63, 3.8) is 0 Å². The number of ether oxygens (including phenoxy) is 1. The van der Waals surface area contributed by atoms with Crippen LogP contribution in [0.3, 0.4) is 0 Å². The Morgan fingerprint density at radius 1 is 1.24 bits per heavy atom. The molecule has 0 aromatic heterocycles. The lowest BCUT2D eigenvalue weighted by atomic mass is 10.1. The summed E-state index contributed by atoms with van der Waals surface area (Å²) in [6, 6.07) is 5.19. The topological polar surface area (TPSA) is 66.6 Å². The van der Waals surface area contributed by atoms with Gasteiger partial charge in [-0.2, -0.15) is 5.10 Å². The van der Waals surface area contributed by atoms with Crippen molar-refractivity contribution in [2.24, 2.45) is 15.2 Å². The average Bonchev–Trinajstić information content (AvgIpc) is 2.80. The lowest BCUT2D eigenvalue weighted by molar-refractivity contribution is 0.106. The summed E-state index contributed by atoms with van der Waals surface area (Å²) in [7, 11) is 1.57. The van der Waals surface area contributed by atoms with Crippen LogP contribution < -0.4 is 4.74 Å². The van der Waals surface area contributed by atoms with E-state index in [1.807, 2.05) is 13.8 Å². The molecule has 0 radical (unpaired) electrons. The highest BCUT2D eigenvalue weighted by molar-refractivity contribution is 6.78. The molecule has 0 spiro atoms. The van der Waals surface area contributed by atoms with Gasteiger partial charge in [0.25, 0.3) is 0 Å². The number of rotatable bonds is 2. The van der Waals surface area contributed by atoms with E-state index in [0.29, 0.717) is 22.6 Å². The standard InChI is InChI=1S/C13H10N4O2.C2H6/c1-7-15-12-11(16-17(7)14-2)10-6-8(19-3)4-5-9(10)13(12)18;1-2/h4-6H,1-2H2,3H3;1-2H3. The van der Waals surface area contributed by atoms with Gasteiger partial charge in [0, 0.05) is 17.8 Å². The predicted octanol–water partition coefficient (Wildman–Crippen LogP) is 2.47. The SMILES string of the molecule is C=NN1N=C2C(=NC1=C)C(=O)c1ccc(OC)cc12.CC. The lowest BCUT2D eigenvalue weighted by Crippen LogP contribution is -2.25. The van der Waals surface area contributed by atoms with Gasteiger partial charge in [-0.1, -0.05) is 20.4 Å². The minimum absolute atomic E-state index is 0.165. The summed E-state index contributed by atoms with van der Waals surface area (Å²) in [6.45, 7) is 11.1. The van der Waals surface area contributed by atoms with Crippen molar-refractivity contribution in [3.05, 3.63) is 41.7 Å². The van der Waals surface area contributed by atoms with Gasteiger partial charge < -0.3 is 4.74 Å². The molecule has 0 N–H and O–H groups in total. The highest BCUT2D eigenvalue weighted by Crippen LogP contribution is 2.29. The quantitative estimate of drug-likeness (QED) is 0.783. The van der Waals surface area contributed by atoms with Gasteiger partial charge in [0.2, 0.25) is 5.78 Å². The first-order chi connectivity index (χ1) is 10.2. The van der Waals surface area contributed by atoms with Crippen molar-refractivity contribution in [1.29, 1.82) is 0 Å². The number of carbonyl (C=O) groups is 1. The molecule has 0 amide bonds. The third-order valence-electron chi connectivity index (χ3n) is 2.97. The van der Waals surface area contributed by atoms with E-state index in [0.717, 1.165) is 0 Å². The van der Waals surface area contributed by atoms with Crippen LogP contribution in [-0.2, 0) is 0 Å². The Morgan fingerprint density at radius 2 is 1.95 bits per heavy atom. The maximum absolute atomic E-state index is 12.2. The first-order valence-corrected chi connectivity index (χ1v) is 6.52. The molecule has 1 aromatic rings. The van der Waals surface area contributed by atoms with Crippen molar-refractivity contribution < 1.29 is 9.53 Å². The Kier molecular flexibility index (Phi) is 3.98. The van der Waals surface area contributed by atoms with Gasteiger partial charge in [-0.05, 0) is 18.2 Å². The fourth-order valence-corrected chi connectivity index (χ4v) is 2.05. The number of aliphatic imine (C=N–C) groups is 1. The Labute approximate surface area is 123 Å². The first kappa shape index (κ1) is 14.6. The number of hydrogen-bond donors (Lipinski definition) is 0. The van der Waals surface area contributed by atoms with E-state index in [2.05, 4.69) is 28.5 Å². The largest absolute Gasteiger partial charge is 0.497 e. The summed E-state index contributed by atoms with van der Waals surface area (Å²) in [6.07, 6.45) is 0. The second-order valence-corrected chi connectivity index (χ2v) is 4.00. The number of carbonyl (C=O) groups excluding carboxylic acids is 1. The molecule has 108 valence electrons. The maximum atomic E-state index is 12.2. The average molecular weight is 284 g/mol. The van der Waals surface area contributed by atoms with Crippen molar-refractivity contribution in [2.45, 2.75) is 13.8 Å². The van der Waals surface area contributed by atoms with Gasteiger partial charge in [-0.25, -0.2) is 4.99 Å². The lowest BCUT2D eigenvalue weighted by Gasteiger charge is -2.17. The molecule has 6 heteroatoms. The summed E-state index contributed by atoms with van der Waals surface area (Å²) < 4.78 is 5.16. The van der Waals surface area contributed by atoms with Crippen LogP contribution in [-0.4, -0.2) is 36.2 Å². The van der Waals surface area contributed by atoms with Crippen molar-refractivity contribution >= 4 is 23.9 Å². The number of ketones is 1. The van der Waals surface area contributed by atoms with Crippen molar-refractivity contribution in [1.82, 2.24) is 5.12 Å².